The van der Waals surface area contributed by atoms with Crippen LogP contribution in [0.4, 0.5) is 0 Å². The van der Waals surface area contributed by atoms with Gasteiger partial charge >= 0.3 is 0 Å². The Bertz CT molecular complexity index is 1020. The zero-order valence-corrected chi connectivity index (χ0v) is 17.6. The zero-order valence-electron chi connectivity index (χ0n) is 17.6. The van der Waals surface area contributed by atoms with E-state index in [-0.39, 0.29) is 12.0 Å². The van der Waals surface area contributed by atoms with Crippen molar-refractivity contribution in [3.05, 3.63) is 95.8 Å². The molecule has 1 amide bonds. The van der Waals surface area contributed by atoms with Gasteiger partial charge in [-0.2, -0.15) is 0 Å². The summed E-state index contributed by atoms with van der Waals surface area (Å²) >= 11 is 0. The number of aromatic nitrogens is 1. The molecule has 1 aliphatic heterocycles. The van der Waals surface area contributed by atoms with Crippen molar-refractivity contribution in [3.63, 3.8) is 0 Å². The minimum absolute atomic E-state index is 0.000329. The van der Waals surface area contributed by atoms with Crippen molar-refractivity contribution in [1.82, 2.24) is 9.88 Å². The molecule has 31 heavy (non-hydrogen) atoms. The first-order valence-electron chi connectivity index (χ1n) is 10.5. The molecule has 1 fully saturated rings. The topological polar surface area (TPSA) is 51.7 Å². The van der Waals surface area contributed by atoms with Gasteiger partial charge in [-0.05, 0) is 36.3 Å². The third-order valence-corrected chi connectivity index (χ3v) is 5.17. The van der Waals surface area contributed by atoms with E-state index in [0.717, 1.165) is 16.8 Å². The number of hydrogen-bond donors (Lipinski definition) is 0. The molecule has 0 saturated carbocycles. The van der Waals surface area contributed by atoms with Crippen LogP contribution >= 0.6 is 0 Å². The Morgan fingerprint density at radius 3 is 2.55 bits per heavy atom. The van der Waals surface area contributed by atoms with Gasteiger partial charge in [0.1, 0.15) is 18.5 Å². The van der Waals surface area contributed by atoms with E-state index in [1.807, 2.05) is 90.7 Å². The van der Waals surface area contributed by atoms with Gasteiger partial charge in [0.2, 0.25) is 0 Å². The second-order valence-corrected chi connectivity index (χ2v) is 7.52. The first kappa shape index (κ1) is 20.8. The van der Waals surface area contributed by atoms with Crippen LogP contribution in [-0.2, 0) is 9.53 Å². The summed E-state index contributed by atoms with van der Waals surface area (Å²) in [6.45, 7) is 3.83. The third kappa shape index (κ3) is 5.58. The van der Waals surface area contributed by atoms with Gasteiger partial charge in [0.05, 0.1) is 19.3 Å². The summed E-state index contributed by atoms with van der Waals surface area (Å²) in [4.78, 5) is 19.6. The molecule has 1 aliphatic rings. The molecular formula is C26H26N2O3. The Balaban J connectivity index is 1.48. The van der Waals surface area contributed by atoms with E-state index in [0.29, 0.717) is 37.6 Å². The third-order valence-electron chi connectivity index (χ3n) is 5.17. The number of nitrogens with zero attached hydrogens (tertiary/aromatic N) is 2. The number of morpholine rings is 1. The molecule has 158 valence electrons. The van der Waals surface area contributed by atoms with Crippen molar-refractivity contribution < 1.29 is 14.3 Å². The summed E-state index contributed by atoms with van der Waals surface area (Å²) in [6, 6.07) is 23.5. The van der Waals surface area contributed by atoms with Gasteiger partial charge in [-0.25, -0.2) is 0 Å². The van der Waals surface area contributed by atoms with Crippen LogP contribution in [0.15, 0.2) is 79.0 Å². The first-order valence-corrected chi connectivity index (χ1v) is 10.5. The molecule has 2 heterocycles. The standard InChI is InChI=1S/C26H26N2O3/c1-20-12-13-23(17-27-20)31-19-24-18-28(14-15-30-24)26(29)25(22-10-6-3-7-11-22)16-21-8-4-2-5-9-21/h2-13,16-17,24H,14-15,18-19H2,1H3/b25-16+. The second kappa shape index (κ2) is 10.0. The molecule has 0 radical (unpaired) electrons. The minimum atomic E-state index is -0.187. The first-order chi connectivity index (χ1) is 15.2. The molecule has 4 rings (SSSR count). The summed E-state index contributed by atoms with van der Waals surface area (Å²) in [6.07, 6.45) is 3.47. The predicted octanol–water partition coefficient (Wildman–Crippen LogP) is 4.24. The fourth-order valence-electron chi connectivity index (χ4n) is 3.51. The number of benzene rings is 2. The van der Waals surface area contributed by atoms with Gasteiger partial charge in [-0.3, -0.25) is 9.78 Å². The molecule has 5 heteroatoms. The smallest absolute Gasteiger partial charge is 0.254 e. The van der Waals surface area contributed by atoms with Crippen molar-refractivity contribution in [2.75, 3.05) is 26.3 Å². The van der Waals surface area contributed by atoms with E-state index in [9.17, 15) is 4.79 Å². The summed E-state index contributed by atoms with van der Waals surface area (Å²) < 4.78 is 11.7. The highest BCUT2D eigenvalue weighted by Gasteiger charge is 2.27. The monoisotopic (exact) mass is 414 g/mol. The van der Waals surface area contributed by atoms with Crippen LogP contribution < -0.4 is 4.74 Å². The molecule has 3 aromatic rings. The molecule has 0 aliphatic carbocycles. The van der Waals surface area contributed by atoms with E-state index in [2.05, 4.69) is 4.98 Å². The predicted molar refractivity (Wildman–Crippen MR) is 122 cm³/mol. The maximum Gasteiger partial charge on any atom is 0.254 e. The summed E-state index contributed by atoms with van der Waals surface area (Å²) in [7, 11) is 0. The molecule has 1 saturated heterocycles. The van der Waals surface area contributed by atoms with E-state index in [1.54, 1.807) is 6.20 Å². The molecule has 1 aromatic heterocycles. The number of rotatable bonds is 6. The molecule has 1 unspecified atom stereocenters. The maximum absolute atomic E-state index is 13.5. The Labute approximate surface area is 183 Å². The lowest BCUT2D eigenvalue weighted by molar-refractivity contribution is -0.133. The number of ether oxygens (including phenoxy) is 2. The van der Waals surface area contributed by atoms with Crippen molar-refractivity contribution in [2.45, 2.75) is 13.0 Å². The van der Waals surface area contributed by atoms with Crippen LogP contribution in [0.3, 0.4) is 0 Å². The quantitative estimate of drug-likeness (QED) is 0.447. The lowest BCUT2D eigenvalue weighted by atomic mass is 10.0. The van der Waals surface area contributed by atoms with Crippen molar-refractivity contribution in [3.8, 4) is 5.75 Å². The summed E-state index contributed by atoms with van der Waals surface area (Å²) in [5.74, 6) is 0.701. The van der Waals surface area contributed by atoms with Crippen LogP contribution in [0.25, 0.3) is 11.6 Å². The average molecular weight is 415 g/mol. The van der Waals surface area contributed by atoms with Gasteiger partial charge < -0.3 is 14.4 Å². The van der Waals surface area contributed by atoms with Gasteiger partial charge in [0.15, 0.2) is 0 Å². The Morgan fingerprint density at radius 2 is 1.84 bits per heavy atom. The fourth-order valence-corrected chi connectivity index (χ4v) is 3.51. The molecule has 5 nitrogen and oxygen atoms in total. The largest absolute Gasteiger partial charge is 0.489 e. The lowest BCUT2D eigenvalue weighted by Crippen LogP contribution is -2.47. The molecule has 2 aromatic carbocycles. The van der Waals surface area contributed by atoms with Crippen molar-refractivity contribution in [1.29, 1.82) is 0 Å². The normalized spacial score (nSPS) is 16.7. The number of pyridine rings is 1. The SMILES string of the molecule is Cc1ccc(OCC2CN(C(=O)/C(=C/c3ccccc3)c3ccccc3)CCO2)cn1. The Kier molecular flexibility index (Phi) is 6.75. The van der Waals surface area contributed by atoms with E-state index < -0.39 is 0 Å². The van der Waals surface area contributed by atoms with Gasteiger partial charge in [-0.1, -0.05) is 60.7 Å². The van der Waals surface area contributed by atoms with Crippen LogP contribution in [0.5, 0.6) is 5.75 Å². The van der Waals surface area contributed by atoms with E-state index >= 15 is 0 Å². The molecular weight excluding hydrogens is 388 g/mol. The van der Waals surface area contributed by atoms with Crippen molar-refractivity contribution in [2.24, 2.45) is 0 Å². The van der Waals surface area contributed by atoms with Gasteiger partial charge in [-0.15, -0.1) is 0 Å². The number of hydrogen-bond acceptors (Lipinski definition) is 4. The Morgan fingerprint density at radius 1 is 1.10 bits per heavy atom. The minimum Gasteiger partial charge on any atom is -0.489 e. The molecule has 0 bridgehead atoms. The average Bonchev–Trinajstić information content (AvgIpc) is 2.83. The van der Waals surface area contributed by atoms with Gasteiger partial charge in [0, 0.05) is 17.8 Å². The number of carbonyl (C=O) groups is 1. The summed E-state index contributed by atoms with van der Waals surface area (Å²) in [5.41, 5.74) is 3.52. The van der Waals surface area contributed by atoms with E-state index in [1.165, 1.54) is 0 Å². The fraction of sp³-hybridized carbons (Fsp3) is 0.231. The number of amides is 1. The van der Waals surface area contributed by atoms with E-state index in [4.69, 9.17) is 9.47 Å². The number of aryl methyl sites for hydroxylation is 1. The zero-order chi connectivity index (χ0) is 21.5. The van der Waals surface area contributed by atoms with Gasteiger partial charge in [0.25, 0.3) is 5.91 Å². The van der Waals surface area contributed by atoms with Crippen LogP contribution in [-0.4, -0.2) is 48.2 Å². The highest BCUT2D eigenvalue weighted by Crippen LogP contribution is 2.22. The van der Waals surface area contributed by atoms with Crippen LogP contribution in [0, 0.1) is 6.92 Å². The highest BCUT2D eigenvalue weighted by molar-refractivity contribution is 6.24. The maximum atomic E-state index is 13.5. The van der Waals surface area contributed by atoms with Crippen LogP contribution in [0.1, 0.15) is 16.8 Å². The second-order valence-electron chi connectivity index (χ2n) is 7.52. The lowest BCUT2D eigenvalue weighted by Gasteiger charge is -2.33. The number of carbonyl (C=O) groups excluding carboxylic acids is 1. The molecule has 0 N–H and O–H groups in total. The van der Waals surface area contributed by atoms with Crippen molar-refractivity contribution >= 4 is 17.6 Å². The summed E-state index contributed by atoms with van der Waals surface area (Å²) in [5, 5.41) is 0. The van der Waals surface area contributed by atoms with Crippen LogP contribution in [0.2, 0.25) is 0 Å². The highest BCUT2D eigenvalue weighted by atomic mass is 16.5. The molecule has 1 atom stereocenters. The molecule has 0 spiro atoms. The Hall–Kier alpha value is -3.44.